The molecular formula is C24H22N4O2S2. The second-order valence-electron chi connectivity index (χ2n) is 7.86. The van der Waals surface area contributed by atoms with Crippen LogP contribution in [-0.4, -0.2) is 34.6 Å². The largest absolute Gasteiger partial charge is 0.247 e. The number of hydrazone groups is 1. The summed E-state index contributed by atoms with van der Waals surface area (Å²) < 4.78 is 28.5. The van der Waals surface area contributed by atoms with E-state index in [0.29, 0.717) is 6.42 Å². The predicted octanol–water partition coefficient (Wildman–Crippen LogP) is 5.02. The Hall–Kier alpha value is -3.23. The Morgan fingerprint density at radius 2 is 1.75 bits per heavy atom. The molecule has 0 amide bonds. The molecule has 1 unspecified atom stereocenters. The van der Waals surface area contributed by atoms with E-state index in [1.807, 2.05) is 89.9 Å². The van der Waals surface area contributed by atoms with Crippen LogP contribution in [0, 0.1) is 6.92 Å². The SMILES string of the molecule is Cc1ccc(C2=NN(S(C)(=O)=O)C(c3cn(-c4ccccc4)nc3-c3cccs3)C2)cc1. The van der Waals surface area contributed by atoms with Crippen LogP contribution < -0.4 is 0 Å². The number of hydrogen-bond donors (Lipinski definition) is 0. The molecule has 0 spiro atoms. The van der Waals surface area contributed by atoms with Gasteiger partial charge in [0.15, 0.2) is 0 Å². The molecule has 3 heterocycles. The van der Waals surface area contributed by atoms with Crippen molar-refractivity contribution in [3.63, 3.8) is 0 Å². The van der Waals surface area contributed by atoms with Crippen LogP contribution in [0.4, 0.5) is 0 Å². The van der Waals surface area contributed by atoms with Gasteiger partial charge < -0.3 is 0 Å². The van der Waals surface area contributed by atoms with Crippen molar-refractivity contribution in [1.29, 1.82) is 0 Å². The molecule has 8 heteroatoms. The Labute approximate surface area is 191 Å². The smallest absolute Gasteiger partial charge is 0.240 e. The summed E-state index contributed by atoms with van der Waals surface area (Å²) in [4.78, 5) is 0.993. The first-order valence-corrected chi connectivity index (χ1v) is 13.0. The maximum atomic E-state index is 12.7. The van der Waals surface area contributed by atoms with Crippen LogP contribution in [0.15, 0.2) is 83.4 Å². The van der Waals surface area contributed by atoms with Crippen molar-refractivity contribution >= 4 is 27.1 Å². The summed E-state index contributed by atoms with van der Waals surface area (Å²) in [6, 6.07) is 21.4. The first-order chi connectivity index (χ1) is 15.4. The molecule has 0 N–H and O–H groups in total. The zero-order valence-electron chi connectivity index (χ0n) is 17.7. The van der Waals surface area contributed by atoms with E-state index < -0.39 is 16.1 Å². The van der Waals surface area contributed by atoms with Crippen LogP contribution in [0.3, 0.4) is 0 Å². The van der Waals surface area contributed by atoms with E-state index in [4.69, 9.17) is 5.10 Å². The van der Waals surface area contributed by atoms with Gasteiger partial charge in [0.1, 0.15) is 5.69 Å². The van der Waals surface area contributed by atoms with E-state index in [0.717, 1.165) is 38.7 Å². The maximum Gasteiger partial charge on any atom is 0.247 e. The van der Waals surface area contributed by atoms with Gasteiger partial charge in [-0.05, 0) is 36.1 Å². The highest BCUT2D eigenvalue weighted by Crippen LogP contribution is 2.40. The molecule has 4 aromatic rings. The number of thiophene rings is 1. The van der Waals surface area contributed by atoms with Gasteiger partial charge in [-0.2, -0.15) is 14.6 Å². The molecule has 0 bridgehead atoms. The number of rotatable bonds is 5. The van der Waals surface area contributed by atoms with Gasteiger partial charge in [-0.3, -0.25) is 0 Å². The molecule has 2 aromatic heterocycles. The van der Waals surface area contributed by atoms with Gasteiger partial charge in [-0.25, -0.2) is 13.1 Å². The van der Waals surface area contributed by atoms with Gasteiger partial charge in [0, 0.05) is 18.2 Å². The summed E-state index contributed by atoms with van der Waals surface area (Å²) >= 11 is 1.58. The van der Waals surface area contributed by atoms with E-state index in [2.05, 4.69) is 5.10 Å². The molecule has 162 valence electrons. The second-order valence-corrected chi connectivity index (χ2v) is 10.6. The minimum Gasteiger partial charge on any atom is -0.240 e. The fraction of sp³-hybridized carbons (Fsp3) is 0.167. The fourth-order valence-corrected chi connectivity index (χ4v) is 5.52. The zero-order chi connectivity index (χ0) is 22.3. The summed E-state index contributed by atoms with van der Waals surface area (Å²) in [5, 5.41) is 11.4. The molecular weight excluding hydrogens is 440 g/mol. The van der Waals surface area contributed by atoms with Crippen molar-refractivity contribution in [2.24, 2.45) is 5.10 Å². The molecule has 1 atom stereocenters. The van der Waals surface area contributed by atoms with Crippen molar-refractivity contribution < 1.29 is 8.42 Å². The van der Waals surface area contributed by atoms with Gasteiger partial charge in [-0.1, -0.05) is 54.1 Å². The van der Waals surface area contributed by atoms with Crippen molar-refractivity contribution in [1.82, 2.24) is 14.2 Å². The molecule has 0 radical (unpaired) electrons. The van der Waals surface area contributed by atoms with E-state index in [9.17, 15) is 8.42 Å². The lowest BCUT2D eigenvalue weighted by atomic mass is 9.98. The highest BCUT2D eigenvalue weighted by atomic mass is 32.2. The van der Waals surface area contributed by atoms with Gasteiger partial charge in [-0.15, -0.1) is 11.3 Å². The Bertz CT molecular complexity index is 1370. The molecule has 1 aliphatic heterocycles. The van der Waals surface area contributed by atoms with Crippen molar-refractivity contribution in [3.05, 3.63) is 95.0 Å². The minimum absolute atomic E-state index is 0.462. The molecule has 0 saturated carbocycles. The van der Waals surface area contributed by atoms with Crippen LogP contribution in [0.5, 0.6) is 0 Å². The molecule has 0 fully saturated rings. The summed E-state index contributed by atoms with van der Waals surface area (Å²) in [5.74, 6) is 0. The predicted molar refractivity (Wildman–Crippen MR) is 129 cm³/mol. The van der Waals surface area contributed by atoms with Crippen LogP contribution in [0.2, 0.25) is 0 Å². The van der Waals surface area contributed by atoms with Crippen molar-refractivity contribution in [2.45, 2.75) is 19.4 Å². The first-order valence-electron chi connectivity index (χ1n) is 10.2. The Morgan fingerprint density at radius 3 is 2.41 bits per heavy atom. The number of hydrogen-bond acceptors (Lipinski definition) is 5. The van der Waals surface area contributed by atoms with E-state index >= 15 is 0 Å². The van der Waals surface area contributed by atoms with Crippen molar-refractivity contribution in [3.8, 4) is 16.3 Å². The van der Waals surface area contributed by atoms with Crippen LogP contribution in [-0.2, 0) is 10.0 Å². The monoisotopic (exact) mass is 462 g/mol. The van der Waals surface area contributed by atoms with Gasteiger partial charge in [0.05, 0.1) is 28.6 Å². The Balaban J connectivity index is 1.62. The van der Waals surface area contributed by atoms with Gasteiger partial charge in [0.2, 0.25) is 10.0 Å². The molecule has 1 aliphatic rings. The standard InChI is InChI=1S/C24H22N4O2S2/c1-17-10-12-18(13-11-17)21-15-22(28(25-21)32(2,29)30)20-16-27(19-7-4-3-5-8-19)26-24(20)23-9-6-14-31-23/h3-14,16,22H,15H2,1-2H3. The van der Waals surface area contributed by atoms with Crippen molar-refractivity contribution in [2.75, 3.05) is 6.26 Å². The summed E-state index contributed by atoms with van der Waals surface area (Å²) in [7, 11) is -3.58. The lowest BCUT2D eigenvalue weighted by Crippen LogP contribution is -2.26. The second kappa shape index (κ2) is 8.03. The van der Waals surface area contributed by atoms with Crippen LogP contribution in [0.1, 0.15) is 29.2 Å². The highest BCUT2D eigenvalue weighted by Gasteiger charge is 2.37. The third kappa shape index (κ3) is 3.87. The topological polar surface area (TPSA) is 67.6 Å². The number of sulfonamides is 1. The van der Waals surface area contributed by atoms with Crippen LogP contribution >= 0.6 is 11.3 Å². The van der Waals surface area contributed by atoms with Gasteiger partial charge in [0.25, 0.3) is 0 Å². The third-order valence-electron chi connectivity index (χ3n) is 5.47. The molecule has 2 aromatic carbocycles. The highest BCUT2D eigenvalue weighted by molar-refractivity contribution is 7.88. The summed E-state index contributed by atoms with van der Waals surface area (Å²) in [6.07, 6.45) is 3.61. The lowest BCUT2D eigenvalue weighted by Gasteiger charge is -2.20. The van der Waals surface area contributed by atoms with E-state index in [1.54, 1.807) is 11.3 Å². The van der Waals surface area contributed by atoms with Crippen LogP contribution in [0.25, 0.3) is 16.3 Å². The molecule has 0 saturated heterocycles. The summed E-state index contributed by atoms with van der Waals surface area (Å²) in [5.41, 5.74) is 5.37. The van der Waals surface area contributed by atoms with E-state index in [-0.39, 0.29) is 0 Å². The fourth-order valence-electron chi connectivity index (χ4n) is 3.90. The molecule has 0 aliphatic carbocycles. The molecule has 5 rings (SSSR count). The zero-order valence-corrected chi connectivity index (χ0v) is 19.3. The number of nitrogens with zero attached hydrogens (tertiary/aromatic N) is 4. The number of para-hydroxylation sites is 1. The average molecular weight is 463 g/mol. The summed E-state index contributed by atoms with van der Waals surface area (Å²) in [6.45, 7) is 2.02. The average Bonchev–Trinajstić information content (AvgIpc) is 3.52. The first kappa shape index (κ1) is 20.7. The third-order valence-corrected chi connectivity index (χ3v) is 7.37. The molecule has 6 nitrogen and oxygen atoms in total. The Morgan fingerprint density at radius 1 is 1.00 bits per heavy atom. The number of benzene rings is 2. The quantitative estimate of drug-likeness (QED) is 0.418. The lowest BCUT2D eigenvalue weighted by molar-refractivity contribution is 0.375. The van der Waals surface area contributed by atoms with E-state index in [1.165, 1.54) is 10.7 Å². The van der Waals surface area contributed by atoms with Gasteiger partial charge >= 0.3 is 0 Å². The number of aryl methyl sites for hydroxylation is 1. The Kier molecular flexibility index (Phi) is 5.19. The maximum absolute atomic E-state index is 12.7. The minimum atomic E-state index is -3.58. The number of aromatic nitrogens is 2. The molecule has 32 heavy (non-hydrogen) atoms. The normalized spacial score (nSPS) is 16.4.